The van der Waals surface area contributed by atoms with Crippen molar-refractivity contribution >= 4 is 28.9 Å². The number of nitrogens with two attached hydrogens (primary N) is 2. The summed E-state index contributed by atoms with van der Waals surface area (Å²) in [5, 5.41) is 5.14. The molecule has 140 valence electrons. The highest BCUT2D eigenvalue weighted by Gasteiger charge is 2.16. The minimum atomic E-state index is -0.572. The van der Waals surface area contributed by atoms with E-state index in [1.165, 1.54) is 0 Å². The van der Waals surface area contributed by atoms with Crippen molar-refractivity contribution < 1.29 is 14.1 Å². The molecule has 1 amide bonds. The summed E-state index contributed by atoms with van der Waals surface area (Å²) in [6.07, 6.45) is 0. The Balaban J connectivity index is 1.83. The molecule has 0 bridgehead atoms. The first kappa shape index (κ1) is 18.2. The van der Waals surface area contributed by atoms with Gasteiger partial charge in [-0.3, -0.25) is 4.79 Å². The first-order valence-electron chi connectivity index (χ1n) is 8.36. The van der Waals surface area contributed by atoms with Crippen LogP contribution in [0.1, 0.15) is 10.5 Å². The standard InChI is InChI=1S/C20H16N4O3S/c21-20(25)19-17-11-6-14(13-4-2-1-3-5-13)12-18(17)24(23-19)15-7-9-16(10-8-15)28-27-26-22/h1-12H,22H2,(H2,21,25). The molecule has 7 nitrogen and oxygen atoms in total. The molecule has 1 heterocycles. The SMILES string of the molecule is NOOSc1ccc(-n2nc(C(N)=O)c3ccc(-c4ccccc4)cc32)cc1. The number of rotatable bonds is 6. The molecule has 8 heteroatoms. The minimum absolute atomic E-state index is 0.230. The molecule has 4 rings (SSSR count). The van der Waals surface area contributed by atoms with Gasteiger partial charge in [0.25, 0.3) is 5.91 Å². The van der Waals surface area contributed by atoms with Crippen molar-refractivity contribution in [1.29, 1.82) is 0 Å². The highest BCUT2D eigenvalue weighted by Crippen LogP contribution is 2.29. The number of hydrogen-bond acceptors (Lipinski definition) is 6. The van der Waals surface area contributed by atoms with Crippen LogP contribution in [0.3, 0.4) is 0 Å². The molecule has 0 aliphatic carbocycles. The monoisotopic (exact) mass is 392 g/mol. The molecule has 0 spiro atoms. The normalized spacial score (nSPS) is 11.0. The minimum Gasteiger partial charge on any atom is -0.364 e. The van der Waals surface area contributed by atoms with Crippen LogP contribution in [0.25, 0.3) is 27.7 Å². The molecule has 0 atom stereocenters. The lowest BCUT2D eigenvalue weighted by atomic mass is 10.0. The van der Waals surface area contributed by atoms with E-state index in [2.05, 4.69) is 14.4 Å². The highest BCUT2D eigenvalue weighted by molar-refractivity contribution is 7.94. The molecule has 0 aliphatic heterocycles. The fraction of sp³-hybridized carbons (Fsp3) is 0. The molecule has 1 aromatic heterocycles. The van der Waals surface area contributed by atoms with Crippen molar-refractivity contribution in [2.75, 3.05) is 0 Å². The van der Waals surface area contributed by atoms with E-state index in [4.69, 9.17) is 11.6 Å². The van der Waals surface area contributed by atoms with Crippen LogP contribution in [0.4, 0.5) is 0 Å². The molecule has 4 aromatic rings. The highest BCUT2D eigenvalue weighted by atomic mass is 32.2. The second-order valence-corrected chi connectivity index (χ2v) is 6.74. The third-order valence-corrected chi connectivity index (χ3v) is 4.88. The Morgan fingerprint density at radius 2 is 1.71 bits per heavy atom. The van der Waals surface area contributed by atoms with Crippen molar-refractivity contribution in [1.82, 2.24) is 9.78 Å². The second-order valence-electron chi connectivity index (χ2n) is 5.96. The van der Waals surface area contributed by atoms with Gasteiger partial charge in [0.2, 0.25) is 0 Å². The molecule has 0 fully saturated rings. The van der Waals surface area contributed by atoms with Crippen LogP contribution in [-0.4, -0.2) is 15.7 Å². The summed E-state index contributed by atoms with van der Waals surface area (Å²) in [5.41, 5.74) is 9.43. The van der Waals surface area contributed by atoms with Crippen molar-refractivity contribution in [3.8, 4) is 16.8 Å². The molecule has 4 N–H and O–H groups in total. The third kappa shape index (κ3) is 3.49. The van der Waals surface area contributed by atoms with Crippen molar-refractivity contribution in [2.24, 2.45) is 11.6 Å². The first-order chi connectivity index (χ1) is 13.7. The first-order valence-corrected chi connectivity index (χ1v) is 9.10. The summed E-state index contributed by atoms with van der Waals surface area (Å²) >= 11 is 0.987. The number of carbonyl (C=O) groups excluding carboxylic acids is 1. The van der Waals surface area contributed by atoms with Gasteiger partial charge in [0.15, 0.2) is 5.69 Å². The van der Waals surface area contributed by atoms with Crippen LogP contribution in [0, 0.1) is 0 Å². The summed E-state index contributed by atoms with van der Waals surface area (Å²) in [6.45, 7) is 0. The lowest BCUT2D eigenvalue weighted by Gasteiger charge is -2.06. The quantitative estimate of drug-likeness (QED) is 0.295. The fourth-order valence-electron chi connectivity index (χ4n) is 3.01. The molecule has 0 radical (unpaired) electrons. The third-order valence-electron chi connectivity index (χ3n) is 4.27. The molecule has 0 unspecified atom stereocenters. The lowest BCUT2D eigenvalue weighted by molar-refractivity contribution is -0.195. The summed E-state index contributed by atoms with van der Waals surface area (Å²) in [4.78, 5) is 16.8. The van der Waals surface area contributed by atoms with Crippen molar-refractivity contribution in [3.63, 3.8) is 0 Å². The number of carbonyl (C=O) groups is 1. The number of benzene rings is 3. The second kappa shape index (κ2) is 7.83. The van der Waals surface area contributed by atoms with Gasteiger partial charge >= 0.3 is 0 Å². The Bertz CT molecular complexity index is 1130. The van der Waals surface area contributed by atoms with E-state index in [0.717, 1.165) is 39.3 Å². The van der Waals surface area contributed by atoms with Crippen LogP contribution in [0.2, 0.25) is 0 Å². The molecular formula is C20H16N4O3S. The number of hydrogen-bond donors (Lipinski definition) is 2. The van der Waals surface area contributed by atoms with Gasteiger partial charge in [-0.05, 0) is 47.5 Å². The number of aromatic nitrogens is 2. The Labute approximate surface area is 164 Å². The van der Waals surface area contributed by atoms with E-state index in [1.54, 1.807) is 4.68 Å². The largest absolute Gasteiger partial charge is 0.364 e. The van der Waals surface area contributed by atoms with Crippen molar-refractivity contribution in [2.45, 2.75) is 4.90 Å². The van der Waals surface area contributed by atoms with Gasteiger partial charge in [0.1, 0.15) is 0 Å². The maximum absolute atomic E-state index is 11.9. The summed E-state index contributed by atoms with van der Waals surface area (Å²) in [5.74, 6) is 4.28. The van der Waals surface area contributed by atoms with E-state index < -0.39 is 5.91 Å². The van der Waals surface area contributed by atoms with E-state index in [0.29, 0.717) is 5.39 Å². The Kier molecular flexibility index (Phi) is 5.09. The Morgan fingerprint density at radius 3 is 2.39 bits per heavy atom. The number of fused-ring (bicyclic) bond motifs is 1. The van der Waals surface area contributed by atoms with E-state index >= 15 is 0 Å². The predicted molar refractivity (Wildman–Crippen MR) is 107 cm³/mol. The summed E-state index contributed by atoms with van der Waals surface area (Å²) < 4.78 is 6.35. The molecule has 0 saturated heterocycles. The summed E-state index contributed by atoms with van der Waals surface area (Å²) in [6, 6.07) is 23.2. The van der Waals surface area contributed by atoms with E-state index in [9.17, 15) is 4.79 Å². The molecular weight excluding hydrogens is 376 g/mol. The van der Waals surface area contributed by atoms with Gasteiger partial charge < -0.3 is 5.73 Å². The average molecular weight is 392 g/mol. The van der Waals surface area contributed by atoms with E-state index in [1.807, 2.05) is 72.8 Å². The van der Waals surface area contributed by atoms with Crippen LogP contribution in [0.5, 0.6) is 0 Å². The number of amides is 1. The van der Waals surface area contributed by atoms with Gasteiger partial charge in [-0.15, -0.1) is 9.32 Å². The maximum atomic E-state index is 11.9. The molecule has 0 saturated carbocycles. The van der Waals surface area contributed by atoms with Crippen LogP contribution in [0.15, 0.2) is 77.7 Å². The Hall–Kier alpha value is -3.17. The topological polar surface area (TPSA) is 105 Å². The zero-order valence-electron chi connectivity index (χ0n) is 14.6. The lowest BCUT2D eigenvalue weighted by Crippen LogP contribution is -2.12. The predicted octanol–water partition coefficient (Wildman–Crippen LogP) is 3.62. The zero-order chi connectivity index (χ0) is 19.5. The average Bonchev–Trinajstić information content (AvgIpc) is 3.12. The van der Waals surface area contributed by atoms with Gasteiger partial charge in [-0.25, -0.2) is 4.68 Å². The van der Waals surface area contributed by atoms with Gasteiger partial charge in [-0.2, -0.15) is 11.0 Å². The van der Waals surface area contributed by atoms with Gasteiger partial charge in [0.05, 0.1) is 23.2 Å². The van der Waals surface area contributed by atoms with Crippen molar-refractivity contribution in [3.05, 3.63) is 78.5 Å². The van der Waals surface area contributed by atoms with Crippen LogP contribution < -0.4 is 11.6 Å². The molecule has 3 aromatic carbocycles. The maximum Gasteiger partial charge on any atom is 0.269 e. The van der Waals surface area contributed by atoms with Crippen LogP contribution in [-0.2, 0) is 9.32 Å². The summed E-state index contributed by atoms with van der Waals surface area (Å²) in [7, 11) is 0. The Morgan fingerprint density at radius 1 is 0.964 bits per heavy atom. The number of primary amides is 1. The molecule has 28 heavy (non-hydrogen) atoms. The molecule has 0 aliphatic rings. The zero-order valence-corrected chi connectivity index (χ0v) is 15.4. The number of nitrogens with zero attached hydrogens (tertiary/aromatic N) is 2. The fourth-order valence-corrected chi connectivity index (χ4v) is 3.37. The van der Waals surface area contributed by atoms with Gasteiger partial charge in [-0.1, -0.05) is 36.4 Å². The van der Waals surface area contributed by atoms with Gasteiger partial charge in [0, 0.05) is 10.3 Å². The smallest absolute Gasteiger partial charge is 0.269 e. The van der Waals surface area contributed by atoms with E-state index in [-0.39, 0.29) is 5.69 Å². The van der Waals surface area contributed by atoms with Crippen LogP contribution >= 0.6 is 12.0 Å².